The van der Waals surface area contributed by atoms with E-state index in [1.54, 1.807) is 0 Å². The summed E-state index contributed by atoms with van der Waals surface area (Å²) in [6.07, 6.45) is 4.45. The first-order valence-electron chi connectivity index (χ1n) is 3.85. The SMILES string of the molecule is CC(C)=C/C=C(\I)[Si](C)(C)C. The first-order chi connectivity index (χ1) is 4.84. The van der Waals surface area contributed by atoms with Crippen LogP contribution in [0.2, 0.25) is 19.6 Å². The third-order valence-electron chi connectivity index (χ3n) is 1.28. The van der Waals surface area contributed by atoms with Crippen molar-refractivity contribution in [2.75, 3.05) is 0 Å². The molecule has 0 atom stereocenters. The lowest BCUT2D eigenvalue weighted by Gasteiger charge is -2.14. The Morgan fingerprint density at radius 3 is 1.82 bits per heavy atom. The fourth-order valence-electron chi connectivity index (χ4n) is 0.490. The third-order valence-corrected chi connectivity index (χ3v) is 8.09. The van der Waals surface area contributed by atoms with E-state index in [0.29, 0.717) is 0 Å². The van der Waals surface area contributed by atoms with Gasteiger partial charge in [0.2, 0.25) is 0 Å². The molecule has 0 aliphatic heterocycles. The molecule has 0 aromatic carbocycles. The molecule has 0 fully saturated rings. The van der Waals surface area contributed by atoms with Gasteiger partial charge in [0.05, 0.1) is 8.07 Å². The fourth-order valence-corrected chi connectivity index (χ4v) is 1.25. The van der Waals surface area contributed by atoms with Crippen LogP contribution in [0.5, 0.6) is 0 Å². The van der Waals surface area contributed by atoms with Crippen LogP contribution in [0.3, 0.4) is 0 Å². The van der Waals surface area contributed by atoms with Crippen LogP contribution >= 0.6 is 22.6 Å². The van der Waals surface area contributed by atoms with Gasteiger partial charge in [0.25, 0.3) is 0 Å². The Balaban J connectivity index is 4.36. The maximum absolute atomic E-state index is 2.46. The average molecular weight is 280 g/mol. The van der Waals surface area contributed by atoms with Crippen molar-refractivity contribution in [3.8, 4) is 0 Å². The van der Waals surface area contributed by atoms with Gasteiger partial charge in [-0.25, -0.2) is 0 Å². The topological polar surface area (TPSA) is 0 Å². The van der Waals surface area contributed by atoms with Crippen molar-refractivity contribution in [2.24, 2.45) is 0 Å². The van der Waals surface area contributed by atoms with Crippen LogP contribution in [0.1, 0.15) is 13.8 Å². The summed E-state index contributed by atoms with van der Waals surface area (Å²) >= 11 is 2.46. The maximum Gasteiger partial charge on any atom is 0.0854 e. The Bertz CT molecular complexity index is 180. The van der Waals surface area contributed by atoms with Gasteiger partial charge in [-0.3, -0.25) is 0 Å². The summed E-state index contributed by atoms with van der Waals surface area (Å²) < 4.78 is 1.54. The summed E-state index contributed by atoms with van der Waals surface area (Å²) in [5.74, 6) is 0. The molecular formula is C9H17ISi. The van der Waals surface area contributed by atoms with Gasteiger partial charge in [0.15, 0.2) is 0 Å². The minimum Gasteiger partial charge on any atom is -0.0764 e. The number of halogens is 1. The largest absolute Gasteiger partial charge is 0.0854 e. The van der Waals surface area contributed by atoms with Crippen molar-refractivity contribution >= 4 is 30.7 Å². The Kier molecular flexibility index (Phi) is 4.62. The van der Waals surface area contributed by atoms with Gasteiger partial charge in [0, 0.05) is 0 Å². The molecule has 2 heteroatoms. The summed E-state index contributed by atoms with van der Waals surface area (Å²) in [5.41, 5.74) is 1.37. The molecule has 0 amide bonds. The predicted octanol–water partition coefficient (Wildman–Crippen LogP) is 4.15. The van der Waals surface area contributed by atoms with E-state index in [2.05, 4.69) is 68.2 Å². The molecule has 0 rings (SSSR count). The van der Waals surface area contributed by atoms with Crippen molar-refractivity contribution in [1.82, 2.24) is 0 Å². The molecule has 0 unspecified atom stereocenters. The lowest BCUT2D eigenvalue weighted by Crippen LogP contribution is -2.19. The highest BCUT2D eigenvalue weighted by Crippen LogP contribution is 2.21. The Labute approximate surface area is 84.9 Å². The summed E-state index contributed by atoms with van der Waals surface area (Å²) in [7, 11) is -1.02. The predicted molar refractivity (Wildman–Crippen MR) is 64.9 cm³/mol. The van der Waals surface area contributed by atoms with E-state index in [9.17, 15) is 0 Å². The van der Waals surface area contributed by atoms with E-state index in [-0.39, 0.29) is 0 Å². The van der Waals surface area contributed by atoms with Gasteiger partial charge in [-0.2, -0.15) is 0 Å². The van der Waals surface area contributed by atoms with Gasteiger partial charge in [-0.05, 0) is 17.1 Å². The number of allylic oxidation sites excluding steroid dienone is 3. The molecule has 0 aromatic heterocycles. The van der Waals surface area contributed by atoms with Gasteiger partial charge >= 0.3 is 0 Å². The van der Waals surface area contributed by atoms with Crippen LogP contribution in [-0.2, 0) is 0 Å². The van der Waals surface area contributed by atoms with Crippen molar-refractivity contribution in [1.29, 1.82) is 0 Å². The Morgan fingerprint density at radius 1 is 1.09 bits per heavy atom. The number of hydrogen-bond acceptors (Lipinski definition) is 0. The van der Waals surface area contributed by atoms with E-state index in [1.807, 2.05) is 0 Å². The minimum absolute atomic E-state index is 1.02. The van der Waals surface area contributed by atoms with Gasteiger partial charge in [0.1, 0.15) is 0 Å². The Morgan fingerprint density at radius 2 is 1.55 bits per heavy atom. The Hall–Kier alpha value is 0.427. The standard InChI is InChI=1S/C9H17ISi/c1-8(2)6-7-9(10)11(3,4)5/h6-7H,1-5H3/b9-7+. The van der Waals surface area contributed by atoms with Crippen LogP contribution in [0.25, 0.3) is 0 Å². The summed E-state index contributed by atoms with van der Waals surface area (Å²) in [6, 6.07) is 0. The van der Waals surface area contributed by atoms with E-state index in [4.69, 9.17) is 0 Å². The minimum atomic E-state index is -1.02. The van der Waals surface area contributed by atoms with Crippen LogP contribution in [0.4, 0.5) is 0 Å². The van der Waals surface area contributed by atoms with Crippen molar-refractivity contribution in [3.05, 3.63) is 20.9 Å². The van der Waals surface area contributed by atoms with E-state index >= 15 is 0 Å². The third kappa shape index (κ3) is 5.67. The van der Waals surface area contributed by atoms with Crippen LogP contribution < -0.4 is 0 Å². The highest BCUT2D eigenvalue weighted by atomic mass is 127. The molecule has 0 aliphatic carbocycles. The fraction of sp³-hybridized carbons (Fsp3) is 0.556. The van der Waals surface area contributed by atoms with Gasteiger partial charge < -0.3 is 0 Å². The van der Waals surface area contributed by atoms with E-state index < -0.39 is 8.07 Å². The van der Waals surface area contributed by atoms with Crippen LogP contribution in [0, 0.1) is 0 Å². The first kappa shape index (κ1) is 11.4. The number of rotatable bonds is 2. The molecule has 0 saturated heterocycles. The molecule has 0 radical (unpaired) electrons. The highest BCUT2D eigenvalue weighted by molar-refractivity contribution is 14.1. The van der Waals surface area contributed by atoms with Crippen molar-refractivity contribution < 1.29 is 0 Å². The molecule has 64 valence electrons. The second-order valence-electron chi connectivity index (χ2n) is 4.01. The van der Waals surface area contributed by atoms with Crippen molar-refractivity contribution in [3.63, 3.8) is 0 Å². The monoisotopic (exact) mass is 280 g/mol. The molecule has 0 aromatic rings. The summed E-state index contributed by atoms with van der Waals surface area (Å²) in [4.78, 5) is 0. The molecule has 0 nitrogen and oxygen atoms in total. The second-order valence-corrected chi connectivity index (χ2v) is 11.2. The van der Waals surface area contributed by atoms with Crippen LogP contribution in [-0.4, -0.2) is 8.07 Å². The normalized spacial score (nSPS) is 13.1. The van der Waals surface area contributed by atoms with E-state index in [1.165, 1.54) is 8.78 Å². The number of hydrogen-bond donors (Lipinski definition) is 0. The lowest BCUT2D eigenvalue weighted by molar-refractivity contribution is 1.39. The maximum atomic E-state index is 2.46. The zero-order valence-electron chi connectivity index (χ0n) is 8.03. The molecular weight excluding hydrogens is 263 g/mol. The molecule has 0 bridgehead atoms. The van der Waals surface area contributed by atoms with Gasteiger partial charge in [-0.1, -0.05) is 60.0 Å². The molecule has 0 N–H and O–H groups in total. The zero-order valence-corrected chi connectivity index (χ0v) is 11.2. The first-order valence-corrected chi connectivity index (χ1v) is 8.43. The van der Waals surface area contributed by atoms with Gasteiger partial charge in [-0.15, -0.1) is 0 Å². The zero-order chi connectivity index (χ0) is 9.07. The highest BCUT2D eigenvalue weighted by Gasteiger charge is 2.15. The smallest absolute Gasteiger partial charge is 0.0764 e. The lowest BCUT2D eigenvalue weighted by atomic mass is 10.3. The molecule has 0 spiro atoms. The average Bonchev–Trinajstić information content (AvgIpc) is 1.80. The summed E-state index contributed by atoms with van der Waals surface area (Å²) in [6.45, 7) is 11.4. The second kappa shape index (κ2) is 4.45. The molecule has 0 aliphatic rings. The molecule has 0 saturated carbocycles. The van der Waals surface area contributed by atoms with Crippen LogP contribution in [0.15, 0.2) is 20.9 Å². The quantitative estimate of drug-likeness (QED) is 0.405. The van der Waals surface area contributed by atoms with Crippen molar-refractivity contribution in [2.45, 2.75) is 33.5 Å². The summed E-state index contributed by atoms with van der Waals surface area (Å²) in [5, 5.41) is 0. The molecule has 11 heavy (non-hydrogen) atoms. The van der Waals surface area contributed by atoms with E-state index in [0.717, 1.165) is 0 Å². The molecule has 0 heterocycles.